The van der Waals surface area contributed by atoms with Crippen molar-refractivity contribution < 1.29 is 57.8 Å². The Bertz CT molecular complexity index is 2050. The number of amides is 8. The van der Waals surface area contributed by atoms with Crippen LogP contribution in [0.1, 0.15) is 142 Å². The second kappa shape index (κ2) is 33.9. The summed E-state index contributed by atoms with van der Waals surface area (Å²) in [5.41, 5.74) is 6.15. The van der Waals surface area contributed by atoms with Crippen molar-refractivity contribution in [3.63, 3.8) is 0 Å². The molecule has 0 radical (unpaired) electrons. The lowest BCUT2D eigenvalue weighted by Gasteiger charge is -2.41. The number of esters is 1. The first kappa shape index (κ1) is 72.6. The van der Waals surface area contributed by atoms with Crippen molar-refractivity contribution in [1.82, 2.24) is 40.0 Å². The molecular weight excluding hydrogens is 1000 g/mol. The molecule has 0 saturated carbocycles. The van der Waals surface area contributed by atoms with Crippen LogP contribution in [0.15, 0.2) is 12.2 Å². The minimum Gasteiger partial charge on any atom is -0.468 e. The first-order chi connectivity index (χ1) is 36.0. The lowest BCUT2D eigenvalue weighted by molar-refractivity contribution is -0.157. The molecule has 0 aliphatic rings. The number of hydrogen-bond donors (Lipinski definition) is 4. The predicted molar refractivity (Wildman–Crippen MR) is 302 cm³/mol. The van der Waals surface area contributed by atoms with Crippen molar-refractivity contribution in [2.24, 2.45) is 47.2 Å². The Morgan fingerprint density at radius 1 is 0.564 bits per heavy atom. The van der Waals surface area contributed by atoms with Crippen LogP contribution in [0.4, 0.5) is 0 Å². The molecule has 21 heteroatoms. The molecule has 8 amide bonds. The van der Waals surface area contributed by atoms with Gasteiger partial charge in [0.1, 0.15) is 42.8 Å². The standard InChI is InChI=1S/C57H103N9O12/c1-23-25-26-37(13)49(69)48(51(71)60-40(24-2)53(73)61(16)31-45(68)78-22)66(21)57(77)47(36(11)12)65(20)55(75)43(29-34(7)8)64(19)54(74)42(28-33(5)6)63(18)52(72)39(15)59-50(70)38(14)30-44(67)41(27-32(3)4)62(17)56(76)46(58)35(9)10/h23,25,32-43,46-49,69H,24,26-31,58H2,1-22H3,(H,59,70)(H,60,71)/b25-23+/t37-,38-,39-,40+,41-,42+,43+,46+,47+,48+,49-/m1/s1. The van der Waals surface area contributed by atoms with Gasteiger partial charge in [-0.25, -0.2) is 0 Å². The molecule has 0 saturated heterocycles. The largest absolute Gasteiger partial charge is 0.468 e. The van der Waals surface area contributed by atoms with Gasteiger partial charge in [-0.05, 0) is 81.5 Å². The normalized spacial score (nSPS) is 16.0. The van der Waals surface area contributed by atoms with E-state index >= 15 is 0 Å². The van der Waals surface area contributed by atoms with E-state index in [0.717, 1.165) is 9.80 Å². The quantitative estimate of drug-likeness (QED) is 0.0542. The average molecular weight is 1110 g/mol. The number of Topliss-reactive ketones (excluding diaryl/α,β-unsaturated/α-hetero) is 1. The summed E-state index contributed by atoms with van der Waals surface area (Å²) in [6.45, 7) is 26.3. The zero-order valence-electron chi connectivity index (χ0n) is 51.5. The van der Waals surface area contributed by atoms with Gasteiger partial charge in [-0.1, -0.05) is 102 Å². The minimum absolute atomic E-state index is 0.0503. The summed E-state index contributed by atoms with van der Waals surface area (Å²) < 4.78 is 4.70. The van der Waals surface area contributed by atoms with Gasteiger partial charge in [0.15, 0.2) is 5.78 Å². The van der Waals surface area contributed by atoms with Crippen LogP contribution >= 0.6 is 0 Å². The first-order valence-corrected chi connectivity index (χ1v) is 27.8. The highest BCUT2D eigenvalue weighted by atomic mass is 16.5. The maximum atomic E-state index is 15.0. The maximum absolute atomic E-state index is 15.0. The van der Waals surface area contributed by atoms with Gasteiger partial charge >= 0.3 is 5.97 Å². The Hall–Kier alpha value is -5.44. The SMILES string of the molecule is C/C=C/C[C@@H](C)[C@@H](O)[C@@H](C(=O)N[C@@H](CC)C(=O)N(C)CC(=O)OC)N(C)C(=O)[C@H](C(C)C)N(C)C(=O)[C@H](CC(C)C)N(C)C(=O)[C@H](CC(C)C)N(C)C(=O)[C@@H](C)NC(=O)[C@H](C)CC(=O)[C@@H](CC(C)C)N(C)C(=O)[C@@H](N)C(C)C. The number of rotatable bonds is 33. The summed E-state index contributed by atoms with van der Waals surface area (Å²) in [6, 6.07) is -8.92. The minimum atomic E-state index is -1.55. The summed E-state index contributed by atoms with van der Waals surface area (Å²) in [5, 5.41) is 17.3. The van der Waals surface area contributed by atoms with E-state index < -0.39 is 120 Å². The van der Waals surface area contributed by atoms with Gasteiger partial charge in [-0.2, -0.15) is 0 Å². The number of ether oxygens (including phenoxy) is 1. The summed E-state index contributed by atoms with van der Waals surface area (Å²) in [7, 11) is 9.83. The van der Waals surface area contributed by atoms with Gasteiger partial charge in [0.2, 0.25) is 47.3 Å². The van der Waals surface area contributed by atoms with E-state index in [9.17, 15) is 53.1 Å². The number of aliphatic hydroxyl groups is 1. The summed E-state index contributed by atoms with van der Waals surface area (Å²) in [6.07, 6.45) is 3.10. The van der Waals surface area contributed by atoms with Crippen LogP contribution in [-0.2, 0) is 52.7 Å². The van der Waals surface area contributed by atoms with E-state index in [1.165, 1.54) is 68.9 Å². The fraction of sp³-hybridized carbons (Fsp3) is 0.789. The van der Waals surface area contributed by atoms with E-state index in [-0.39, 0.29) is 67.6 Å². The van der Waals surface area contributed by atoms with Crippen molar-refractivity contribution in [2.75, 3.05) is 55.9 Å². The lowest BCUT2D eigenvalue weighted by atomic mass is 9.91. The third-order valence-electron chi connectivity index (χ3n) is 14.5. The molecule has 0 aromatic carbocycles. The Balaban J connectivity index is 6.97. The molecule has 11 atom stereocenters. The average Bonchev–Trinajstić information content (AvgIpc) is 3.36. The van der Waals surface area contributed by atoms with Gasteiger partial charge in [0.05, 0.1) is 25.3 Å². The molecule has 0 fully saturated rings. The van der Waals surface area contributed by atoms with Crippen LogP contribution in [0.3, 0.4) is 0 Å². The highest BCUT2D eigenvalue weighted by Crippen LogP contribution is 2.25. The molecular formula is C57H103N9O12. The lowest BCUT2D eigenvalue weighted by Crippen LogP contribution is -2.63. The number of carbonyl (C=O) groups excluding carboxylic acids is 10. The Kier molecular flexibility index (Phi) is 31.5. The number of methoxy groups -OCH3 is 1. The first-order valence-electron chi connectivity index (χ1n) is 27.8. The van der Waals surface area contributed by atoms with E-state index in [4.69, 9.17) is 10.5 Å². The molecule has 448 valence electrons. The molecule has 5 N–H and O–H groups in total. The van der Waals surface area contributed by atoms with Gasteiger partial charge in [0, 0.05) is 54.6 Å². The van der Waals surface area contributed by atoms with Crippen LogP contribution in [0.2, 0.25) is 0 Å². The van der Waals surface area contributed by atoms with Crippen molar-refractivity contribution in [3.05, 3.63) is 12.2 Å². The van der Waals surface area contributed by atoms with E-state index in [1.54, 1.807) is 54.7 Å². The summed E-state index contributed by atoms with van der Waals surface area (Å²) >= 11 is 0. The maximum Gasteiger partial charge on any atom is 0.325 e. The number of likely N-dealkylation sites (N-methyl/N-ethyl adjacent to an activating group) is 6. The monoisotopic (exact) mass is 1110 g/mol. The molecule has 0 rings (SSSR count). The molecule has 0 unspecified atom stereocenters. The fourth-order valence-electron chi connectivity index (χ4n) is 9.34. The number of hydrogen-bond acceptors (Lipinski definition) is 13. The molecule has 0 aromatic heterocycles. The number of carbonyl (C=O) groups is 10. The summed E-state index contributed by atoms with van der Waals surface area (Å²) in [4.78, 5) is 147. The Labute approximate surface area is 467 Å². The molecule has 0 heterocycles. The van der Waals surface area contributed by atoms with Gasteiger partial charge < -0.3 is 55.6 Å². The molecule has 0 aliphatic carbocycles. The van der Waals surface area contributed by atoms with Gasteiger partial charge in [0.25, 0.3) is 0 Å². The number of nitrogens with zero attached hydrogens (tertiary/aromatic N) is 6. The van der Waals surface area contributed by atoms with Crippen LogP contribution in [-0.4, -0.2) is 204 Å². The number of nitrogens with one attached hydrogen (secondary N) is 2. The van der Waals surface area contributed by atoms with Crippen molar-refractivity contribution in [2.45, 2.75) is 197 Å². The smallest absolute Gasteiger partial charge is 0.325 e. The number of aliphatic hydroxyl groups excluding tert-OH is 1. The van der Waals surface area contributed by atoms with Gasteiger partial charge in [-0.15, -0.1) is 0 Å². The molecule has 78 heavy (non-hydrogen) atoms. The van der Waals surface area contributed by atoms with Gasteiger partial charge in [-0.3, -0.25) is 47.9 Å². The molecule has 0 bridgehead atoms. The zero-order valence-corrected chi connectivity index (χ0v) is 51.5. The Morgan fingerprint density at radius 2 is 1.01 bits per heavy atom. The third kappa shape index (κ3) is 21.3. The van der Waals surface area contributed by atoms with E-state index in [2.05, 4.69) is 10.6 Å². The number of nitrogens with two attached hydrogens (primary N) is 1. The highest BCUT2D eigenvalue weighted by Gasteiger charge is 2.45. The predicted octanol–water partition coefficient (Wildman–Crippen LogP) is 3.49. The zero-order chi connectivity index (χ0) is 61.0. The molecule has 0 spiro atoms. The van der Waals surface area contributed by atoms with Crippen LogP contribution in [0.5, 0.6) is 0 Å². The third-order valence-corrected chi connectivity index (χ3v) is 14.5. The topological polar surface area (TPSA) is 270 Å². The van der Waals surface area contributed by atoms with Crippen LogP contribution in [0, 0.1) is 41.4 Å². The second-order valence-electron chi connectivity index (χ2n) is 23.4. The molecule has 21 nitrogen and oxygen atoms in total. The van der Waals surface area contributed by atoms with Crippen molar-refractivity contribution in [3.8, 4) is 0 Å². The van der Waals surface area contributed by atoms with Crippen LogP contribution < -0.4 is 16.4 Å². The van der Waals surface area contributed by atoms with E-state index in [0.29, 0.717) is 12.8 Å². The number of allylic oxidation sites excluding steroid dienone is 2. The number of ketones is 1. The van der Waals surface area contributed by atoms with Crippen molar-refractivity contribution in [1.29, 1.82) is 0 Å². The highest BCUT2D eigenvalue weighted by molar-refractivity contribution is 5.98. The summed E-state index contributed by atoms with van der Waals surface area (Å²) in [5.74, 6) is -8.19. The Morgan fingerprint density at radius 3 is 1.45 bits per heavy atom. The molecule has 0 aliphatic heterocycles. The van der Waals surface area contributed by atoms with Crippen LogP contribution in [0.25, 0.3) is 0 Å². The fourth-order valence-corrected chi connectivity index (χ4v) is 9.34. The van der Waals surface area contributed by atoms with E-state index in [1.807, 2.05) is 61.5 Å². The van der Waals surface area contributed by atoms with Crippen molar-refractivity contribution >= 4 is 59.0 Å². The molecule has 0 aromatic rings. The second-order valence-corrected chi connectivity index (χ2v) is 23.4.